The van der Waals surface area contributed by atoms with E-state index >= 15 is 0 Å². The molecule has 0 aromatic heterocycles. The molecule has 0 heterocycles. The van der Waals surface area contributed by atoms with E-state index in [1.807, 2.05) is 0 Å². The van der Waals surface area contributed by atoms with E-state index in [0.717, 1.165) is 0 Å². The van der Waals surface area contributed by atoms with E-state index in [1.165, 1.54) is 0 Å². The summed E-state index contributed by atoms with van der Waals surface area (Å²) in [5, 5.41) is 43.5. The van der Waals surface area contributed by atoms with Crippen LogP contribution < -0.4 is 0 Å². The van der Waals surface area contributed by atoms with Crippen molar-refractivity contribution in [3.63, 3.8) is 0 Å². The van der Waals surface area contributed by atoms with Crippen LogP contribution in [0.1, 0.15) is 0 Å². The summed E-state index contributed by atoms with van der Waals surface area (Å²) in [5.74, 6) is 0. The van der Waals surface area contributed by atoms with Gasteiger partial charge in [-0.3, -0.25) is 0 Å². The summed E-state index contributed by atoms with van der Waals surface area (Å²) in [5.41, 5.74) is 0. The number of aliphatic hydroxyl groups is 5. The van der Waals surface area contributed by atoms with Crippen molar-refractivity contribution in [3.8, 4) is 0 Å². The molecule has 0 bridgehead atoms. The topological polar surface area (TPSA) is 118 Å². The van der Waals surface area contributed by atoms with Crippen molar-refractivity contribution in [2.45, 2.75) is 24.4 Å². The molecule has 0 saturated carbocycles. The van der Waals surface area contributed by atoms with Gasteiger partial charge in [0.05, 0.1) is 6.61 Å². The fourth-order valence-corrected chi connectivity index (χ4v) is 0.618. The third-order valence-electron chi connectivity index (χ3n) is 1.42. The zero-order valence-electron chi connectivity index (χ0n) is 6.54. The molecule has 6 nitrogen and oxygen atoms in total. The van der Waals surface area contributed by atoms with Gasteiger partial charge in [-0.25, -0.2) is 0 Å². The number of hydrogen-bond acceptors (Lipinski definition) is 6. The van der Waals surface area contributed by atoms with Crippen molar-refractivity contribution in [3.05, 3.63) is 0 Å². The molecule has 0 aromatic carbocycles. The summed E-state index contributed by atoms with van der Waals surface area (Å²) in [4.78, 5) is 9.90. The average Bonchev–Trinajstić information content (AvgIpc) is 2.12. The zero-order chi connectivity index (χ0) is 9.72. The van der Waals surface area contributed by atoms with Gasteiger partial charge in [0.2, 0.25) is 0 Å². The molecule has 0 unspecified atom stereocenters. The first kappa shape index (κ1) is 15.7. The maximum Gasteiger partial charge on any atom is 1.00 e. The smallest absolute Gasteiger partial charge is 0.394 e. The molecule has 0 aromatic rings. The molecule has 0 aliphatic heterocycles. The van der Waals surface area contributed by atoms with Gasteiger partial charge in [0.25, 0.3) is 0 Å². The monoisotopic (exact) mass is 377 g/mol. The van der Waals surface area contributed by atoms with Crippen LogP contribution in [0.4, 0.5) is 0 Å². The van der Waals surface area contributed by atoms with E-state index in [0.29, 0.717) is 0 Å². The Balaban J connectivity index is 0. The van der Waals surface area contributed by atoms with Gasteiger partial charge in [-0.1, -0.05) is 0 Å². The molecule has 4 atom stereocenters. The van der Waals surface area contributed by atoms with Crippen molar-refractivity contribution in [1.29, 1.82) is 0 Å². The van der Waals surface area contributed by atoms with Crippen molar-refractivity contribution in [2.75, 3.05) is 6.61 Å². The predicted molar refractivity (Wildman–Crippen MR) is 37.2 cm³/mol. The first-order chi connectivity index (χ1) is 5.54. The Morgan fingerprint density at radius 2 is 1.54 bits per heavy atom. The molecule has 13 heavy (non-hydrogen) atoms. The Morgan fingerprint density at radius 1 is 1.08 bits per heavy atom. The number of aliphatic hydroxyl groups excluding tert-OH is 5. The molecule has 0 aliphatic carbocycles. The summed E-state index contributed by atoms with van der Waals surface area (Å²) in [6.45, 7) is -0.760. The summed E-state index contributed by atoms with van der Waals surface area (Å²) in [7, 11) is 0. The van der Waals surface area contributed by atoms with E-state index in [4.69, 9.17) is 25.5 Å². The quantitative estimate of drug-likeness (QED) is 0.252. The largest absolute Gasteiger partial charge is 1.00 e. The third kappa shape index (κ3) is 4.84. The summed E-state index contributed by atoms with van der Waals surface area (Å²) in [6.07, 6.45) is -6.84. The van der Waals surface area contributed by atoms with Crippen LogP contribution in [0.3, 0.4) is 0 Å². The third-order valence-corrected chi connectivity index (χ3v) is 1.42. The Morgan fingerprint density at radius 3 is 1.85 bits per heavy atom. The Hall–Kier alpha value is 0.210. The van der Waals surface area contributed by atoms with Gasteiger partial charge >= 0.3 is 22.4 Å². The van der Waals surface area contributed by atoms with Crippen LogP contribution in [0.2, 0.25) is 0 Å². The summed E-state index contributed by atoms with van der Waals surface area (Å²) in [6, 6.07) is 0. The van der Waals surface area contributed by atoms with Crippen molar-refractivity contribution in [2.24, 2.45) is 0 Å². The maximum absolute atomic E-state index is 9.90. The van der Waals surface area contributed by atoms with Crippen LogP contribution in [-0.4, -0.2) is 62.8 Å². The minimum atomic E-state index is -1.79. The minimum Gasteiger partial charge on any atom is -0.394 e. The standard InChI is InChI=1S/C6H12O6.Au/c7-1-3(9)5(11)6(12)4(10)2-8;/h1,3-6,8-12H,2H2;/q;+1/t3-,4+,5+,6+;/m0./s1. The van der Waals surface area contributed by atoms with Gasteiger partial charge in [0.1, 0.15) is 24.4 Å². The normalized spacial score (nSPS) is 19.5. The number of aldehydes is 1. The second-order valence-corrected chi connectivity index (χ2v) is 2.36. The van der Waals surface area contributed by atoms with Gasteiger partial charge in [0.15, 0.2) is 6.29 Å². The molecule has 0 saturated heterocycles. The molecular weight excluding hydrogens is 365 g/mol. The minimum absolute atomic E-state index is 0. The fourth-order valence-electron chi connectivity index (χ4n) is 0.618. The SMILES string of the molecule is O=C[C@H](O)[C@@H](O)[C@H](O)[C@H](O)CO.[Au+]. The fraction of sp³-hybridized carbons (Fsp3) is 0.833. The molecule has 5 N–H and O–H groups in total. The van der Waals surface area contributed by atoms with Gasteiger partial charge in [0, 0.05) is 0 Å². The first-order valence-corrected chi connectivity index (χ1v) is 3.33. The number of hydrogen-bond donors (Lipinski definition) is 5. The molecule has 82 valence electrons. The van der Waals surface area contributed by atoms with Gasteiger partial charge in [-0.15, -0.1) is 0 Å². The van der Waals surface area contributed by atoms with Gasteiger partial charge < -0.3 is 30.3 Å². The van der Waals surface area contributed by atoms with E-state index in [2.05, 4.69) is 0 Å². The maximum atomic E-state index is 9.90. The number of carbonyl (C=O) groups is 1. The molecule has 0 radical (unpaired) electrons. The second-order valence-electron chi connectivity index (χ2n) is 2.36. The number of rotatable bonds is 5. The summed E-state index contributed by atoms with van der Waals surface area (Å²) < 4.78 is 0. The van der Waals surface area contributed by atoms with Crippen LogP contribution in [0.25, 0.3) is 0 Å². The van der Waals surface area contributed by atoms with E-state index < -0.39 is 31.0 Å². The van der Waals surface area contributed by atoms with Crippen LogP contribution in [-0.2, 0) is 27.2 Å². The van der Waals surface area contributed by atoms with Crippen LogP contribution >= 0.6 is 0 Å². The Kier molecular flexibility index (Phi) is 9.16. The summed E-state index contributed by atoms with van der Waals surface area (Å²) >= 11 is 0. The first-order valence-electron chi connectivity index (χ1n) is 3.33. The number of carbonyl (C=O) groups excluding carboxylic acids is 1. The molecule has 0 rings (SSSR count). The van der Waals surface area contributed by atoms with Crippen molar-refractivity contribution in [1.82, 2.24) is 0 Å². The predicted octanol–water partition coefficient (Wildman–Crippen LogP) is -3.38. The van der Waals surface area contributed by atoms with Crippen LogP contribution in [0.5, 0.6) is 0 Å². The molecule has 7 heteroatoms. The van der Waals surface area contributed by atoms with Crippen LogP contribution in [0.15, 0.2) is 0 Å². The Bertz CT molecular complexity index is 143. The van der Waals surface area contributed by atoms with Crippen LogP contribution in [0, 0.1) is 0 Å². The van der Waals surface area contributed by atoms with Crippen molar-refractivity contribution < 1.29 is 52.7 Å². The zero-order valence-corrected chi connectivity index (χ0v) is 8.71. The second kappa shape index (κ2) is 7.60. The molecule has 0 amide bonds. The van der Waals surface area contributed by atoms with E-state index in [-0.39, 0.29) is 28.7 Å². The van der Waals surface area contributed by atoms with E-state index in [9.17, 15) is 4.79 Å². The Labute approximate surface area is 90.3 Å². The van der Waals surface area contributed by atoms with Gasteiger partial charge in [-0.05, 0) is 0 Å². The molecule has 0 aliphatic rings. The van der Waals surface area contributed by atoms with E-state index in [1.54, 1.807) is 0 Å². The molecule has 0 fully saturated rings. The molecular formula is C6H12AuO6+. The average molecular weight is 377 g/mol. The van der Waals surface area contributed by atoms with Gasteiger partial charge in [-0.2, -0.15) is 0 Å². The molecule has 0 spiro atoms. The van der Waals surface area contributed by atoms with Crippen molar-refractivity contribution >= 4 is 6.29 Å².